The molecule has 0 heterocycles. The second-order valence-electron chi connectivity index (χ2n) is 8.01. The van der Waals surface area contributed by atoms with E-state index in [0.29, 0.717) is 11.3 Å². The number of benzene rings is 4. The summed E-state index contributed by atoms with van der Waals surface area (Å²) in [5.41, 5.74) is 3.83. The van der Waals surface area contributed by atoms with E-state index in [4.69, 9.17) is 4.74 Å². The van der Waals surface area contributed by atoms with E-state index >= 15 is 0 Å². The Bertz CT molecular complexity index is 1540. The highest BCUT2D eigenvalue weighted by atomic mass is 32.2. The maximum atomic E-state index is 13.6. The van der Waals surface area contributed by atoms with Crippen molar-refractivity contribution >= 4 is 38.6 Å². The predicted molar refractivity (Wildman–Crippen MR) is 140 cm³/mol. The van der Waals surface area contributed by atoms with Gasteiger partial charge in [0.25, 0.3) is 15.9 Å². The number of fused-ring (bicyclic) bond motifs is 1. The summed E-state index contributed by atoms with van der Waals surface area (Å²) in [5, 5.41) is 15.9. The van der Waals surface area contributed by atoms with Crippen molar-refractivity contribution in [3.8, 4) is 11.5 Å². The van der Waals surface area contributed by atoms with Crippen molar-refractivity contribution in [3.63, 3.8) is 0 Å². The minimum absolute atomic E-state index is 0.00415. The Labute approximate surface area is 209 Å². The molecule has 0 radical (unpaired) electrons. The number of aromatic hydroxyl groups is 1. The summed E-state index contributed by atoms with van der Waals surface area (Å²) >= 11 is 0. The molecule has 0 saturated heterocycles. The van der Waals surface area contributed by atoms with Gasteiger partial charge < -0.3 is 9.84 Å². The van der Waals surface area contributed by atoms with Gasteiger partial charge in [0.15, 0.2) is 0 Å². The van der Waals surface area contributed by atoms with Crippen LogP contribution in [0.25, 0.3) is 10.8 Å². The lowest BCUT2D eigenvalue weighted by Crippen LogP contribution is -2.39. The molecule has 0 aliphatic carbocycles. The van der Waals surface area contributed by atoms with Gasteiger partial charge in [-0.25, -0.2) is 13.8 Å². The van der Waals surface area contributed by atoms with Crippen LogP contribution in [0.4, 0.5) is 5.69 Å². The SMILES string of the molecule is COc1ccc(C)cc1N(CC(=O)NN=Cc1c(O)ccc2ccccc12)S(=O)(=O)c1ccccc1. The molecule has 0 unspecified atom stereocenters. The van der Waals surface area contributed by atoms with Gasteiger partial charge in [-0.2, -0.15) is 5.10 Å². The number of carbonyl (C=O) groups is 1. The first-order valence-corrected chi connectivity index (χ1v) is 12.5. The Morgan fingerprint density at radius 3 is 2.50 bits per heavy atom. The number of nitrogens with one attached hydrogen (secondary N) is 1. The number of hydrogen-bond acceptors (Lipinski definition) is 6. The number of nitrogens with zero attached hydrogens (tertiary/aromatic N) is 2. The van der Waals surface area contributed by atoms with Crippen LogP contribution in [-0.4, -0.2) is 39.3 Å². The van der Waals surface area contributed by atoms with Crippen molar-refractivity contribution in [2.75, 3.05) is 18.0 Å². The molecule has 0 aliphatic rings. The number of carbonyl (C=O) groups excluding carboxylic acids is 1. The van der Waals surface area contributed by atoms with Gasteiger partial charge >= 0.3 is 0 Å². The molecule has 1 amide bonds. The number of anilines is 1. The lowest BCUT2D eigenvalue weighted by atomic mass is 10.0. The zero-order valence-corrected chi connectivity index (χ0v) is 20.6. The van der Waals surface area contributed by atoms with Crippen LogP contribution in [0.5, 0.6) is 11.5 Å². The molecule has 0 atom stereocenters. The molecule has 0 aromatic heterocycles. The van der Waals surface area contributed by atoms with Gasteiger partial charge in [-0.15, -0.1) is 0 Å². The largest absolute Gasteiger partial charge is 0.507 e. The summed E-state index contributed by atoms with van der Waals surface area (Å²) in [6, 6.07) is 23.7. The van der Waals surface area contributed by atoms with Crippen LogP contribution in [0.2, 0.25) is 0 Å². The number of phenols is 1. The highest BCUT2D eigenvalue weighted by Crippen LogP contribution is 2.33. The van der Waals surface area contributed by atoms with Crippen molar-refractivity contribution < 1.29 is 23.1 Å². The molecule has 0 spiro atoms. The quantitative estimate of drug-likeness (QED) is 0.277. The van der Waals surface area contributed by atoms with E-state index in [-0.39, 0.29) is 16.3 Å². The molecule has 0 aliphatic heterocycles. The van der Waals surface area contributed by atoms with Gasteiger partial charge in [0.2, 0.25) is 0 Å². The Hall–Kier alpha value is -4.37. The Kier molecular flexibility index (Phi) is 7.21. The zero-order valence-electron chi connectivity index (χ0n) is 19.8. The first-order chi connectivity index (χ1) is 17.3. The number of aryl methyl sites for hydroxylation is 1. The van der Waals surface area contributed by atoms with Crippen LogP contribution in [0, 0.1) is 6.92 Å². The lowest BCUT2D eigenvalue weighted by molar-refractivity contribution is -0.119. The number of hydrazone groups is 1. The minimum Gasteiger partial charge on any atom is -0.507 e. The molecule has 8 nitrogen and oxygen atoms in total. The summed E-state index contributed by atoms with van der Waals surface area (Å²) in [7, 11) is -2.68. The summed E-state index contributed by atoms with van der Waals surface area (Å²) in [6.07, 6.45) is 1.33. The van der Waals surface area contributed by atoms with E-state index in [0.717, 1.165) is 20.6 Å². The van der Waals surface area contributed by atoms with Crippen molar-refractivity contribution in [3.05, 3.63) is 96.1 Å². The number of hydrogen-bond donors (Lipinski definition) is 2. The molecular formula is C27H25N3O5S. The van der Waals surface area contributed by atoms with Gasteiger partial charge in [0.05, 0.1) is 23.9 Å². The summed E-state index contributed by atoms with van der Waals surface area (Å²) < 4.78 is 33.5. The number of sulfonamides is 1. The number of amides is 1. The number of methoxy groups -OCH3 is 1. The third-order valence-corrected chi connectivity index (χ3v) is 7.33. The second-order valence-corrected chi connectivity index (χ2v) is 9.88. The topological polar surface area (TPSA) is 108 Å². The van der Waals surface area contributed by atoms with E-state index in [1.165, 1.54) is 25.5 Å². The van der Waals surface area contributed by atoms with Crippen molar-refractivity contribution in [2.45, 2.75) is 11.8 Å². The maximum absolute atomic E-state index is 13.6. The van der Waals surface area contributed by atoms with E-state index < -0.39 is 22.5 Å². The zero-order chi connectivity index (χ0) is 25.7. The van der Waals surface area contributed by atoms with Gasteiger partial charge in [-0.05, 0) is 53.6 Å². The fourth-order valence-electron chi connectivity index (χ4n) is 3.77. The normalized spacial score (nSPS) is 11.5. The summed E-state index contributed by atoms with van der Waals surface area (Å²) in [5.74, 6) is -0.365. The molecular weight excluding hydrogens is 478 g/mol. The minimum atomic E-state index is -4.11. The standard InChI is InChI=1S/C27H25N3O5S/c1-19-12-15-26(35-2)24(16-19)30(36(33,34)21-9-4-3-5-10-21)18-27(32)29-28-17-23-22-11-7-6-8-20(22)13-14-25(23)31/h3-17,31H,18H2,1-2H3,(H,29,32). The molecule has 0 fully saturated rings. The van der Waals surface area contributed by atoms with E-state index in [2.05, 4.69) is 10.5 Å². The van der Waals surface area contributed by atoms with Gasteiger partial charge in [-0.3, -0.25) is 9.10 Å². The first kappa shape index (κ1) is 24.7. The van der Waals surface area contributed by atoms with Crippen LogP contribution in [-0.2, 0) is 14.8 Å². The molecule has 36 heavy (non-hydrogen) atoms. The van der Waals surface area contributed by atoms with Gasteiger partial charge in [-0.1, -0.05) is 54.6 Å². The van der Waals surface area contributed by atoms with Crippen LogP contribution >= 0.6 is 0 Å². The van der Waals surface area contributed by atoms with Crippen LogP contribution in [0.3, 0.4) is 0 Å². The molecule has 4 aromatic rings. The monoisotopic (exact) mass is 503 g/mol. The third kappa shape index (κ3) is 5.16. The number of ether oxygens (including phenoxy) is 1. The van der Waals surface area contributed by atoms with Crippen molar-refractivity contribution in [2.24, 2.45) is 5.10 Å². The summed E-state index contributed by atoms with van der Waals surface area (Å²) in [6.45, 7) is 1.27. The average molecular weight is 504 g/mol. The van der Waals surface area contributed by atoms with Gasteiger partial charge in [0.1, 0.15) is 18.0 Å². The maximum Gasteiger partial charge on any atom is 0.264 e. The Morgan fingerprint density at radius 2 is 1.75 bits per heavy atom. The third-order valence-electron chi connectivity index (χ3n) is 5.55. The molecule has 0 saturated carbocycles. The number of rotatable bonds is 8. The van der Waals surface area contributed by atoms with E-state index in [9.17, 15) is 18.3 Å². The van der Waals surface area contributed by atoms with Crippen molar-refractivity contribution in [1.29, 1.82) is 0 Å². The molecule has 4 aromatic carbocycles. The van der Waals surface area contributed by atoms with E-state index in [1.807, 2.05) is 31.2 Å². The highest BCUT2D eigenvalue weighted by molar-refractivity contribution is 7.92. The molecule has 184 valence electrons. The highest BCUT2D eigenvalue weighted by Gasteiger charge is 2.29. The van der Waals surface area contributed by atoms with Crippen LogP contribution in [0.15, 0.2) is 94.9 Å². The smallest absolute Gasteiger partial charge is 0.264 e. The van der Waals surface area contributed by atoms with Crippen molar-refractivity contribution in [1.82, 2.24) is 5.43 Å². The van der Waals surface area contributed by atoms with Crippen LogP contribution < -0.4 is 14.5 Å². The van der Waals surface area contributed by atoms with Crippen LogP contribution in [0.1, 0.15) is 11.1 Å². The first-order valence-electron chi connectivity index (χ1n) is 11.1. The molecule has 0 bridgehead atoms. The van der Waals surface area contributed by atoms with E-state index in [1.54, 1.807) is 48.5 Å². The second kappa shape index (κ2) is 10.5. The Balaban J connectivity index is 1.64. The lowest BCUT2D eigenvalue weighted by Gasteiger charge is -2.25. The molecule has 2 N–H and O–H groups in total. The molecule has 9 heteroatoms. The number of phenolic OH excluding ortho intramolecular Hbond substituents is 1. The predicted octanol–water partition coefficient (Wildman–Crippen LogP) is 4.21. The van der Waals surface area contributed by atoms with Gasteiger partial charge in [0, 0.05) is 5.56 Å². The fraction of sp³-hybridized carbons (Fsp3) is 0.111. The fourth-order valence-corrected chi connectivity index (χ4v) is 5.21. The Morgan fingerprint density at radius 1 is 1.03 bits per heavy atom. The molecule has 4 rings (SSSR count). The average Bonchev–Trinajstić information content (AvgIpc) is 2.89. The summed E-state index contributed by atoms with van der Waals surface area (Å²) in [4.78, 5) is 12.9.